The van der Waals surface area contributed by atoms with E-state index in [2.05, 4.69) is 15.0 Å². The lowest BCUT2D eigenvalue weighted by atomic mass is 9.97. The monoisotopic (exact) mass is 478 g/mol. The summed E-state index contributed by atoms with van der Waals surface area (Å²) in [6.45, 7) is 3.11. The molecule has 0 radical (unpaired) electrons. The van der Waals surface area contributed by atoms with Crippen molar-refractivity contribution in [1.82, 2.24) is 15.0 Å². The standard InChI is InChI=1S/C25H21F3N6O/c1-13-12-16(10-11-31-13)21-22(15-6-8-17(26)9-7-15)32-25(29)33-23(21)34(30)24(35)14(2)20-18(27)4-3-5-19(20)28/h3-12,14H,30H2,1-2H3,(H2,29,32,33). The molecule has 0 saturated heterocycles. The average molecular weight is 478 g/mol. The van der Waals surface area contributed by atoms with E-state index in [1.54, 1.807) is 25.3 Å². The molecule has 2 heterocycles. The third kappa shape index (κ3) is 4.69. The smallest absolute Gasteiger partial charge is 0.250 e. The molecule has 178 valence electrons. The van der Waals surface area contributed by atoms with E-state index in [0.29, 0.717) is 27.4 Å². The highest BCUT2D eigenvalue weighted by atomic mass is 19.1. The Morgan fingerprint density at radius 1 is 0.971 bits per heavy atom. The molecule has 0 fully saturated rings. The Kier molecular flexibility index (Phi) is 6.48. The Hall–Kier alpha value is -4.31. The summed E-state index contributed by atoms with van der Waals surface area (Å²) in [6, 6.07) is 12.2. The van der Waals surface area contributed by atoms with Gasteiger partial charge in [-0.2, -0.15) is 4.98 Å². The number of hydrogen-bond acceptors (Lipinski definition) is 6. The number of aromatic nitrogens is 3. The number of halogens is 3. The summed E-state index contributed by atoms with van der Waals surface area (Å²) in [6.07, 6.45) is 1.55. The van der Waals surface area contributed by atoms with Gasteiger partial charge in [-0.1, -0.05) is 6.07 Å². The van der Waals surface area contributed by atoms with Crippen molar-refractivity contribution in [2.75, 3.05) is 10.7 Å². The maximum absolute atomic E-state index is 14.4. The summed E-state index contributed by atoms with van der Waals surface area (Å²) in [5, 5.41) is 0.701. The molecule has 35 heavy (non-hydrogen) atoms. The van der Waals surface area contributed by atoms with Crippen molar-refractivity contribution in [2.24, 2.45) is 5.84 Å². The lowest BCUT2D eigenvalue weighted by Crippen LogP contribution is -2.41. The van der Waals surface area contributed by atoms with Gasteiger partial charge in [0.05, 0.1) is 17.2 Å². The number of hydrazine groups is 1. The minimum atomic E-state index is -1.28. The van der Waals surface area contributed by atoms with Crippen LogP contribution in [0.25, 0.3) is 22.4 Å². The number of carbonyl (C=O) groups is 1. The zero-order chi connectivity index (χ0) is 25.3. The predicted octanol–water partition coefficient (Wildman–Crippen LogP) is 4.52. The highest BCUT2D eigenvalue weighted by Gasteiger charge is 2.30. The molecule has 0 bridgehead atoms. The largest absolute Gasteiger partial charge is 0.368 e. The van der Waals surface area contributed by atoms with Gasteiger partial charge in [0.15, 0.2) is 5.82 Å². The van der Waals surface area contributed by atoms with Crippen LogP contribution in [0.5, 0.6) is 0 Å². The van der Waals surface area contributed by atoms with Gasteiger partial charge >= 0.3 is 0 Å². The first-order chi connectivity index (χ1) is 16.7. The molecule has 0 aliphatic carbocycles. The van der Waals surface area contributed by atoms with Crippen molar-refractivity contribution in [1.29, 1.82) is 0 Å². The Bertz CT molecular complexity index is 1390. The van der Waals surface area contributed by atoms with E-state index in [0.717, 1.165) is 12.1 Å². The number of carbonyl (C=O) groups excluding carboxylic acids is 1. The van der Waals surface area contributed by atoms with Crippen molar-refractivity contribution in [2.45, 2.75) is 19.8 Å². The lowest BCUT2D eigenvalue weighted by Gasteiger charge is -2.24. The van der Waals surface area contributed by atoms with Crippen molar-refractivity contribution in [3.05, 3.63) is 89.5 Å². The zero-order valence-corrected chi connectivity index (χ0v) is 18.8. The van der Waals surface area contributed by atoms with Crippen LogP contribution in [0.3, 0.4) is 0 Å². The number of rotatable bonds is 5. The summed E-state index contributed by atoms with van der Waals surface area (Å²) >= 11 is 0. The first-order valence-electron chi connectivity index (χ1n) is 10.6. The second-order valence-electron chi connectivity index (χ2n) is 7.89. The van der Waals surface area contributed by atoms with E-state index < -0.39 is 34.8 Å². The van der Waals surface area contributed by atoms with Crippen LogP contribution in [0.4, 0.5) is 24.9 Å². The Morgan fingerprint density at radius 3 is 2.26 bits per heavy atom. The van der Waals surface area contributed by atoms with E-state index >= 15 is 0 Å². The SMILES string of the molecule is Cc1cc(-c2c(-c3ccc(F)cc3)nc(N)nc2N(N)C(=O)C(C)c2c(F)cccc2F)ccn1. The zero-order valence-electron chi connectivity index (χ0n) is 18.8. The van der Waals surface area contributed by atoms with Crippen LogP contribution in [0.15, 0.2) is 60.8 Å². The van der Waals surface area contributed by atoms with Crippen LogP contribution in [0.1, 0.15) is 24.1 Å². The molecule has 10 heteroatoms. The van der Waals surface area contributed by atoms with E-state index in [-0.39, 0.29) is 17.5 Å². The van der Waals surface area contributed by atoms with Crippen molar-refractivity contribution < 1.29 is 18.0 Å². The number of pyridine rings is 1. The second-order valence-corrected chi connectivity index (χ2v) is 7.89. The van der Waals surface area contributed by atoms with Gasteiger partial charge in [-0.15, -0.1) is 0 Å². The number of benzene rings is 2. The summed E-state index contributed by atoms with van der Waals surface area (Å²) in [5.41, 5.74) is 7.83. The minimum Gasteiger partial charge on any atom is -0.368 e. The van der Waals surface area contributed by atoms with Gasteiger partial charge in [-0.05, 0) is 67.9 Å². The third-order valence-corrected chi connectivity index (χ3v) is 5.48. The van der Waals surface area contributed by atoms with E-state index in [9.17, 15) is 18.0 Å². The van der Waals surface area contributed by atoms with Crippen molar-refractivity contribution in [3.8, 4) is 22.4 Å². The van der Waals surface area contributed by atoms with E-state index in [1.807, 2.05) is 0 Å². The number of anilines is 2. The molecule has 0 saturated carbocycles. The predicted molar refractivity (Wildman–Crippen MR) is 126 cm³/mol. The number of nitrogens with zero attached hydrogens (tertiary/aromatic N) is 4. The summed E-state index contributed by atoms with van der Waals surface area (Å²) in [7, 11) is 0. The topological polar surface area (TPSA) is 111 Å². The molecule has 1 unspecified atom stereocenters. The molecule has 0 spiro atoms. The normalized spacial score (nSPS) is 11.8. The Morgan fingerprint density at radius 2 is 1.63 bits per heavy atom. The molecule has 2 aromatic carbocycles. The van der Waals surface area contributed by atoms with Gasteiger partial charge in [0.2, 0.25) is 11.9 Å². The molecule has 2 aromatic heterocycles. The minimum absolute atomic E-state index is 0.0870. The molecular formula is C25H21F3N6O. The van der Waals surface area contributed by atoms with Crippen LogP contribution < -0.4 is 16.6 Å². The fourth-order valence-electron chi connectivity index (χ4n) is 3.78. The van der Waals surface area contributed by atoms with Crippen LogP contribution in [0, 0.1) is 24.4 Å². The quantitative estimate of drug-likeness (QED) is 0.248. The third-order valence-electron chi connectivity index (χ3n) is 5.48. The van der Waals surface area contributed by atoms with Crippen LogP contribution in [-0.2, 0) is 4.79 Å². The Balaban J connectivity index is 1.91. The molecular weight excluding hydrogens is 457 g/mol. The van der Waals surface area contributed by atoms with Crippen LogP contribution in [-0.4, -0.2) is 20.9 Å². The maximum Gasteiger partial charge on any atom is 0.250 e. The highest BCUT2D eigenvalue weighted by Crippen LogP contribution is 2.38. The van der Waals surface area contributed by atoms with Crippen LogP contribution in [0.2, 0.25) is 0 Å². The lowest BCUT2D eigenvalue weighted by molar-refractivity contribution is -0.119. The fraction of sp³-hybridized carbons (Fsp3) is 0.120. The van der Waals surface area contributed by atoms with E-state index in [1.165, 1.54) is 37.3 Å². The van der Waals surface area contributed by atoms with E-state index in [4.69, 9.17) is 11.6 Å². The number of hydrogen-bond donors (Lipinski definition) is 2. The summed E-state index contributed by atoms with van der Waals surface area (Å²) in [4.78, 5) is 26.0. The molecule has 1 amide bonds. The average Bonchev–Trinajstić information content (AvgIpc) is 2.82. The number of nitrogens with two attached hydrogens (primary N) is 2. The molecule has 4 rings (SSSR count). The molecule has 4 N–H and O–H groups in total. The first kappa shape index (κ1) is 23.8. The van der Waals surface area contributed by atoms with Crippen LogP contribution >= 0.6 is 0 Å². The van der Waals surface area contributed by atoms with Gasteiger partial charge in [0.25, 0.3) is 0 Å². The number of nitrogen functional groups attached to an aromatic ring is 1. The highest BCUT2D eigenvalue weighted by molar-refractivity contribution is 6.01. The van der Waals surface area contributed by atoms with Crippen molar-refractivity contribution in [3.63, 3.8) is 0 Å². The number of amides is 1. The van der Waals surface area contributed by atoms with Gasteiger partial charge < -0.3 is 5.73 Å². The second kappa shape index (κ2) is 9.51. The first-order valence-corrected chi connectivity index (χ1v) is 10.6. The molecule has 7 nitrogen and oxygen atoms in total. The molecule has 1 atom stereocenters. The van der Waals surface area contributed by atoms with Crippen molar-refractivity contribution >= 4 is 17.7 Å². The van der Waals surface area contributed by atoms with Gasteiger partial charge in [-0.25, -0.2) is 29.0 Å². The molecule has 0 aliphatic rings. The van der Waals surface area contributed by atoms with Gasteiger partial charge in [0.1, 0.15) is 17.5 Å². The van der Waals surface area contributed by atoms with Gasteiger partial charge in [-0.3, -0.25) is 9.78 Å². The molecule has 4 aromatic rings. The number of aryl methyl sites for hydroxylation is 1. The fourth-order valence-corrected chi connectivity index (χ4v) is 3.78. The summed E-state index contributed by atoms with van der Waals surface area (Å²) in [5.74, 6) is 1.61. The Labute approximate surface area is 199 Å². The van der Waals surface area contributed by atoms with Gasteiger partial charge in [0, 0.05) is 23.0 Å². The molecule has 0 aliphatic heterocycles. The maximum atomic E-state index is 14.4. The summed E-state index contributed by atoms with van der Waals surface area (Å²) < 4.78 is 42.3.